The third-order valence-electron chi connectivity index (χ3n) is 5.19. The van der Waals surface area contributed by atoms with Crippen LogP contribution in [-0.4, -0.2) is 37.3 Å². The highest BCUT2D eigenvalue weighted by Gasteiger charge is 2.27. The van der Waals surface area contributed by atoms with Crippen LogP contribution < -0.4 is 0 Å². The number of nitrogens with zero attached hydrogens (tertiary/aromatic N) is 5. The molecule has 0 amide bonds. The molecule has 2 aromatic heterocycles. The van der Waals surface area contributed by atoms with Crippen LogP contribution in [0.15, 0.2) is 61.4 Å². The van der Waals surface area contributed by atoms with E-state index >= 15 is 0 Å². The molecule has 2 atom stereocenters. The number of likely N-dealkylation sites (tertiary alicyclic amines) is 1. The maximum atomic E-state index is 4.54. The van der Waals surface area contributed by atoms with E-state index < -0.39 is 0 Å². The van der Waals surface area contributed by atoms with Gasteiger partial charge in [0.15, 0.2) is 0 Å². The molecule has 5 nitrogen and oxygen atoms in total. The second kappa shape index (κ2) is 7.23. The first kappa shape index (κ1) is 16.1. The lowest BCUT2D eigenvalue weighted by Gasteiger charge is -2.37. The van der Waals surface area contributed by atoms with Gasteiger partial charge in [0.25, 0.3) is 0 Å². The predicted octanol–water partition coefficient (Wildman–Crippen LogP) is 3.21. The van der Waals surface area contributed by atoms with Crippen LogP contribution in [0.5, 0.6) is 0 Å². The van der Waals surface area contributed by atoms with Crippen molar-refractivity contribution >= 4 is 0 Å². The molecule has 0 radical (unpaired) electrons. The Morgan fingerprint density at radius 3 is 2.80 bits per heavy atom. The van der Waals surface area contributed by atoms with E-state index in [-0.39, 0.29) is 0 Å². The number of hydrogen-bond acceptors (Lipinski definition) is 3. The first-order chi connectivity index (χ1) is 12.3. The summed E-state index contributed by atoms with van der Waals surface area (Å²) in [5.74, 6) is 0.686. The lowest BCUT2D eigenvalue weighted by Crippen LogP contribution is -2.39. The van der Waals surface area contributed by atoms with Crippen LogP contribution in [-0.2, 0) is 13.1 Å². The Kier molecular flexibility index (Phi) is 4.65. The quantitative estimate of drug-likeness (QED) is 0.719. The Bertz CT molecular complexity index is 778. The molecule has 4 rings (SSSR count). The highest BCUT2D eigenvalue weighted by Crippen LogP contribution is 2.28. The average molecular weight is 335 g/mol. The Balaban J connectivity index is 1.39. The maximum Gasteiger partial charge on any atom is 0.0949 e. The van der Waals surface area contributed by atoms with Crippen LogP contribution in [0.1, 0.15) is 30.5 Å². The van der Waals surface area contributed by atoms with Crippen molar-refractivity contribution in [2.75, 3.05) is 13.1 Å². The van der Waals surface area contributed by atoms with Crippen molar-refractivity contribution in [1.29, 1.82) is 0 Å². The third-order valence-corrected chi connectivity index (χ3v) is 5.19. The first-order valence-corrected chi connectivity index (χ1v) is 9.03. The van der Waals surface area contributed by atoms with Gasteiger partial charge < -0.3 is 4.57 Å². The number of aromatic nitrogens is 4. The van der Waals surface area contributed by atoms with Crippen molar-refractivity contribution in [3.63, 3.8) is 0 Å². The van der Waals surface area contributed by atoms with E-state index in [9.17, 15) is 0 Å². The second-order valence-electron chi connectivity index (χ2n) is 7.11. The van der Waals surface area contributed by atoms with Gasteiger partial charge >= 0.3 is 0 Å². The molecule has 0 saturated carbocycles. The van der Waals surface area contributed by atoms with Crippen LogP contribution >= 0.6 is 0 Å². The lowest BCUT2D eigenvalue weighted by molar-refractivity contribution is 0.126. The molecule has 0 aliphatic carbocycles. The van der Waals surface area contributed by atoms with Gasteiger partial charge in [-0.1, -0.05) is 37.3 Å². The number of hydrogen-bond donors (Lipinski definition) is 0. The minimum absolute atomic E-state index is 0.510. The Labute approximate surface area is 148 Å². The van der Waals surface area contributed by atoms with Gasteiger partial charge in [0.05, 0.1) is 19.1 Å². The van der Waals surface area contributed by atoms with Gasteiger partial charge in [-0.2, -0.15) is 5.10 Å². The third kappa shape index (κ3) is 3.82. The summed E-state index contributed by atoms with van der Waals surface area (Å²) in [5, 5.41) is 4.54. The van der Waals surface area contributed by atoms with Crippen LogP contribution in [0.4, 0.5) is 0 Å². The number of benzene rings is 1. The standard InChI is InChI=1S/C20H25N5/c1-17-7-9-23(15-20(17)24-10-8-21-16-24)12-19-11-22-25(14-19)13-18-5-3-2-4-6-18/h2-6,8,10-11,14,16-17,20H,7,9,12-13,15H2,1H3. The molecule has 2 unspecified atom stereocenters. The summed E-state index contributed by atoms with van der Waals surface area (Å²) in [4.78, 5) is 6.75. The van der Waals surface area contributed by atoms with Crippen LogP contribution in [0.25, 0.3) is 0 Å². The lowest BCUT2D eigenvalue weighted by atomic mass is 9.93. The van der Waals surface area contributed by atoms with Crippen molar-refractivity contribution in [1.82, 2.24) is 24.2 Å². The first-order valence-electron chi connectivity index (χ1n) is 9.03. The van der Waals surface area contributed by atoms with Crippen LogP contribution in [0.3, 0.4) is 0 Å². The van der Waals surface area contributed by atoms with Gasteiger partial charge in [-0.3, -0.25) is 9.58 Å². The Morgan fingerprint density at radius 1 is 1.12 bits per heavy atom. The summed E-state index contributed by atoms with van der Waals surface area (Å²) in [6.45, 7) is 6.36. The second-order valence-corrected chi connectivity index (χ2v) is 7.11. The molecule has 25 heavy (non-hydrogen) atoms. The summed E-state index contributed by atoms with van der Waals surface area (Å²) in [6, 6.07) is 11.0. The van der Waals surface area contributed by atoms with E-state index in [0.717, 1.165) is 26.2 Å². The maximum absolute atomic E-state index is 4.54. The molecule has 130 valence electrons. The molecule has 1 fully saturated rings. The highest BCUT2D eigenvalue weighted by molar-refractivity contribution is 5.15. The minimum Gasteiger partial charge on any atom is -0.333 e. The van der Waals surface area contributed by atoms with E-state index in [1.807, 2.05) is 29.5 Å². The van der Waals surface area contributed by atoms with Crippen molar-refractivity contribution in [2.45, 2.75) is 32.5 Å². The van der Waals surface area contributed by atoms with E-state index in [1.165, 1.54) is 17.5 Å². The fourth-order valence-corrected chi connectivity index (χ4v) is 3.71. The molecule has 0 N–H and O–H groups in total. The summed E-state index contributed by atoms with van der Waals surface area (Å²) >= 11 is 0. The van der Waals surface area contributed by atoms with E-state index in [4.69, 9.17) is 0 Å². The summed E-state index contributed by atoms with van der Waals surface area (Å²) in [5.41, 5.74) is 2.57. The fourth-order valence-electron chi connectivity index (χ4n) is 3.71. The Hall–Kier alpha value is -2.40. The van der Waals surface area contributed by atoms with Crippen molar-refractivity contribution in [3.8, 4) is 0 Å². The topological polar surface area (TPSA) is 38.9 Å². The minimum atomic E-state index is 0.510. The largest absolute Gasteiger partial charge is 0.333 e. The summed E-state index contributed by atoms with van der Waals surface area (Å²) < 4.78 is 4.29. The van der Waals surface area contributed by atoms with E-state index in [0.29, 0.717) is 12.0 Å². The van der Waals surface area contributed by atoms with E-state index in [1.54, 1.807) is 0 Å². The molecule has 1 aliphatic heterocycles. The zero-order valence-electron chi connectivity index (χ0n) is 14.7. The molecular weight excluding hydrogens is 310 g/mol. The summed E-state index contributed by atoms with van der Waals surface area (Å²) in [6.07, 6.45) is 11.3. The molecule has 1 aromatic carbocycles. The number of imidazole rings is 1. The van der Waals surface area contributed by atoms with Gasteiger partial charge in [0.1, 0.15) is 0 Å². The van der Waals surface area contributed by atoms with E-state index in [2.05, 4.69) is 63.1 Å². The predicted molar refractivity (Wildman–Crippen MR) is 98.1 cm³/mol. The van der Waals surface area contributed by atoms with Crippen molar-refractivity contribution in [3.05, 3.63) is 72.6 Å². The van der Waals surface area contributed by atoms with Gasteiger partial charge in [0, 0.05) is 43.3 Å². The van der Waals surface area contributed by atoms with Crippen LogP contribution in [0.2, 0.25) is 0 Å². The molecule has 1 saturated heterocycles. The fraction of sp³-hybridized carbons (Fsp3) is 0.400. The molecule has 1 aliphatic rings. The normalized spacial score (nSPS) is 21.5. The molecule has 5 heteroatoms. The number of rotatable bonds is 5. The van der Waals surface area contributed by atoms with Crippen LogP contribution in [0, 0.1) is 5.92 Å². The van der Waals surface area contributed by atoms with Gasteiger partial charge in [0.2, 0.25) is 0 Å². The SMILES string of the molecule is CC1CCN(Cc2cnn(Cc3ccccc3)c2)CC1n1ccnc1. The smallest absolute Gasteiger partial charge is 0.0949 e. The monoisotopic (exact) mass is 335 g/mol. The van der Waals surface area contributed by atoms with Gasteiger partial charge in [-0.05, 0) is 24.4 Å². The van der Waals surface area contributed by atoms with Gasteiger partial charge in [-0.25, -0.2) is 4.98 Å². The highest BCUT2D eigenvalue weighted by atomic mass is 15.3. The zero-order valence-corrected chi connectivity index (χ0v) is 14.7. The van der Waals surface area contributed by atoms with Gasteiger partial charge in [-0.15, -0.1) is 0 Å². The molecule has 0 bridgehead atoms. The summed E-state index contributed by atoms with van der Waals surface area (Å²) in [7, 11) is 0. The molecule has 3 heterocycles. The molecular formula is C20H25N5. The van der Waals surface area contributed by atoms with Crippen molar-refractivity contribution < 1.29 is 0 Å². The average Bonchev–Trinajstić information content (AvgIpc) is 3.30. The molecule has 3 aromatic rings. The Morgan fingerprint density at radius 2 is 2.00 bits per heavy atom. The zero-order chi connectivity index (χ0) is 17.1. The molecule has 0 spiro atoms. The van der Waals surface area contributed by atoms with Crippen molar-refractivity contribution in [2.24, 2.45) is 5.92 Å². The number of piperidine rings is 1.